The van der Waals surface area contributed by atoms with Crippen molar-refractivity contribution in [2.75, 3.05) is 31.2 Å². The van der Waals surface area contributed by atoms with Gasteiger partial charge in [-0.05, 0) is 25.4 Å². The van der Waals surface area contributed by atoms with Crippen molar-refractivity contribution in [3.05, 3.63) is 5.28 Å². The lowest BCUT2D eigenvalue weighted by Gasteiger charge is -2.18. The van der Waals surface area contributed by atoms with Crippen LogP contribution in [-0.4, -0.2) is 46.4 Å². The molecule has 0 fully saturated rings. The number of halogens is 1. The van der Waals surface area contributed by atoms with Crippen molar-refractivity contribution >= 4 is 17.5 Å². The highest BCUT2D eigenvalue weighted by Gasteiger charge is 2.10. The molecule has 96 valence electrons. The third-order valence-electron chi connectivity index (χ3n) is 2.16. The highest BCUT2D eigenvalue weighted by Crippen LogP contribution is 2.14. The third kappa shape index (κ3) is 4.32. The maximum absolute atomic E-state index is 8.65. The highest BCUT2D eigenvalue weighted by molar-refractivity contribution is 6.28. The first kappa shape index (κ1) is 13.9. The zero-order valence-electron chi connectivity index (χ0n) is 10.1. The minimum Gasteiger partial charge on any atom is -0.463 e. The topological polar surface area (TPSA) is 71.4 Å². The Hall–Kier alpha value is -1.14. The molecule has 0 atom stereocenters. The van der Waals surface area contributed by atoms with Crippen LogP contribution in [0.25, 0.3) is 0 Å². The quantitative estimate of drug-likeness (QED) is 0.741. The van der Waals surface area contributed by atoms with Gasteiger partial charge in [0.1, 0.15) is 0 Å². The summed E-state index contributed by atoms with van der Waals surface area (Å²) in [6, 6.07) is 0.195. The fourth-order valence-electron chi connectivity index (χ4n) is 1.26. The molecule has 0 radical (unpaired) electrons. The van der Waals surface area contributed by atoms with Crippen LogP contribution in [0.4, 0.5) is 5.95 Å². The smallest absolute Gasteiger partial charge is 0.322 e. The van der Waals surface area contributed by atoms with Crippen LogP contribution in [0.1, 0.15) is 20.3 Å². The van der Waals surface area contributed by atoms with Crippen molar-refractivity contribution in [3.63, 3.8) is 0 Å². The van der Waals surface area contributed by atoms with Gasteiger partial charge in [0, 0.05) is 26.1 Å². The van der Waals surface area contributed by atoms with Crippen LogP contribution in [0.2, 0.25) is 5.28 Å². The lowest BCUT2D eigenvalue weighted by molar-refractivity contribution is 0.224. The third-order valence-corrected chi connectivity index (χ3v) is 2.32. The highest BCUT2D eigenvalue weighted by atomic mass is 35.5. The maximum Gasteiger partial charge on any atom is 0.322 e. The summed E-state index contributed by atoms with van der Waals surface area (Å²) in [5.74, 6) is 0.508. The number of rotatable bonds is 7. The van der Waals surface area contributed by atoms with E-state index >= 15 is 0 Å². The van der Waals surface area contributed by atoms with Crippen LogP contribution in [0.15, 0.2) is 0 Å². The Morgan fingerprint density at radius 2 is 1.94 bits per heavy atom. The number of aromatic nitrogens is 3. The number of anilines is 1. The lowest BCUT2D eigenvalue weighted by Crippen LogP contribution is -2.24. The van der Waals surface area contributed by atoms with Gasteiger partial charge in [0.2, 0.25) is 11.2 Å². The van der Waals surface area contributed by atoms with E-state index in [1.807, 2.05) is 18.7 Å². The molecule has 0 aromatic carbocycles. The molecule has 1 aromatic rings. The molecule has 0 amide bonds. The second kappa shape index (κ2) is 7.24. The minimum atomic E-state index is 0.0711. The van der Waals surface area contributed by atoms with Gasteiger partial charge >= 0.3 is 6.01 Å². The van der Waals surface area contributed by atoms with E-state index < -0.39 is 0 Å². The molecular formula is C10H17ClN4O2. The molecule has 0 aliphatic heterocycles. The van der Waals surface area contributed by atoms with Gasteiger partial charge in [-0.3, -0.25) is 0 Å². The largest absolute Gasteiger partial charge is 0.463 e. The van der Waals surface area contributed by atoms with Crippen molar-refractivity contribution in [3.8, 4) is 6.01 Å². The zero-order chi connectivity index (χ0) is 12.7. The number of hydrogen-bond donors (Lipinski definition) is 1. The molecule has 1 rings (SSSR count). The summed E-state index contributed by atoms with van der Waals surface area (Å²) in [7, 11) is 0. The Labute approximate surface area is 106 Å². The van der Waals surface area contributed by atoms with Crippen molar-refractivity contribution in [2.24, 2.45) is 0 Å². The normalized spacial score (nSPS) is 10.4. The molecule has 1 heterocycles. The Morgan fingerprint density at radius 3 is 2.53 bits per heavy atom. The van der Waals surface area contributed by atoms with E-state index in [0.29, 0.717) is 19.0 Å². The first-order valence-electron chi connectivity index (χ1n) is 5.61. The average molecular weight is 261 g/mol. The van der Waals surface area contributed by atoms with Gasteiger partial charge in [-0.2, -0.15) is 15.0 Å². The Balaban J connectivity index is 2.78. The van der Waals surface area contributed by atoms with Crippen molar-refractivity contribution in [2.45, 2.75) is 20.3 Å². The SMILES string of the molecule is CCN(CC)c1nc(Cl)nc(OCCCO)n1. The Morgan fingerprint density at radius 1 is 1.24 bits per heavy atom. The van der Waals surface area contributed by atoms with E-state index in [9.17, 15) is 0 Å². The molecule has 1 aromatic heterocycles. The van der Waals surface area contributed by atoms with E-state index in [1.54, 1.807) is 0 Å². The fraction of sp³-hybridized carbons (Fsp3) is 0.700. The van der Waals surface area contributed by atoms with Gasteiger partial charge in [-0.25, -0.2) is 0 Å². The number of aliphatic hydroxyl groups excluding tert-OH is 1. The summed E-state index contributed by atoms with van der Waals surface area (Å²) < 4.78 is 5.27. The first-order chi connectivity index (χ1) is 8.21. The van der Waals surface area contributed by atoms with E-state index in [0.717, 1.165) is 13.1 Å². The van der Waals surface area contributed by atoms with Crippen LogP contribution in [-0.2, 0) is 0 Å². The molecule has 0 aliphatic rings. The first-order valence-corrected chi connectivity index (χ1v) is 5.99. The van der Waals surface area contributed by atoms with E-state index in [1.165, 1.54) is 0 Å². The van der Waals surface area contributed by atoms with Crippen LogP contribution in [0.3, 0.4) is 0 Å². The van der Waals surface area contributed by atoms with Crippen molar-refractivity contribution in [1.29, 1.82) is 0 Å². The maximum atomic E-state index is 8.65. The van der Waals surface area contributed by atoms with Gasteiger partial charge < -0.3 is 14.7 Å². The predicted octanol–water partition coefficient (Wildman–Crippen LogP) is 1.13. The van der Waals surface area contributed by atoms with Gasteiger partial charge in [-0.1, -0.05) is 0 Å². The monoisotopic (exact) mass is 260 g/mol. The second-order valence-electron chi connectivity index (χ2n) is 3.28. The lowest BCUT2D eigenvalue weighted by atomic mass is 10.5. The van der Waals surface area contributed by atoms with Gasteiger partial charge in [0.25, 0.3) is 0 Å². The molecule has 0 spiro atoms. The van der Waals surface area contributed by atoms with E-state index in [2.05, 4.69) is 15.0 Å². The molecule has 0 saturated heterocycles. The molecule has 7 heteroatoms. The number of hydrogen-bond acceptors (Lipinski definition) is 6. The summed E-state index contributed by atoms with van der Waals surface area (Å²) in [4.78, 5) is 14.0. The van der Waals surface area contributed by atoms with Crippen LogP contribution < -0.4 is 9.64 Å². The molecule has 0 aliphatic carbocycles. The molecular weight excluding hydrogens is 244 g/mol. The summed E-state index contributed by atoms with van der Waals surface area (Å²) in [5, 5.41) is 8.76. The number of nitrogens with zero attached hydrogens (tertiary/aromatic N) is 4. The molecule has 0 saturated carbocycles. The Kier molecular flexibility index (Phi) is 5.93. The molecule has 1 N–H and O–H groups in total. The Bertz CT molecular complexity index is 347. The van der Waals surface area contributed by atoms with Crippen LogP contribution >= 0.6 is 11.6 Å². The zero-order valence-corrected chi connectivity index (χ0v) is 10.8. The summed E-state index contributed by atoms with van der Waals surface area (Å²) in [6.45, 7) is 6.01. The van der Waals surface area contributed by atoms with Gasteiger partial charge in [0.15, 0.2) is 0 Å². The summed E-state index contributed by atoms with van der Waals surface area (Å²) in [6.07, 6.45) is 0.532. The molecule has 0 bridgehead atoms. The van der Waals surface area contributed by atoms with E-state index in [-0.39, 0.29) is 17.9 Å². The molecule has 0 unspecified atom stereocenters. The van der Waals surface area contributed by atoms with Crippen molar-refractivity contribution in [1.82, 2.24) is 15.0 Å². The van der Waals surface area contributed by atoms with Crippen LogP contribution in [0.5, 0.6) is 6.01 Å². The van der Waals surface area contributed by atoms with Crippen LogP contribution in [0, 0.1) is 0 Å². The van der Waals surface area contributed by atoms with Gasteiger partial charge in [0.05, 0.1) is 6.61 Å². The van der Waals surface area contributed by atoms with Gasteiger partial charge in [-0.15, -0.1) is 0 Å². The minimum absolute atomic E-state index is 0.0711. The number of aliphatic hydroxyl groups is 1. The average Bonchev–Trinajstić information content (AvgIpc) is 2.30. The summed E-state index contributed by atoms with van der Waals surface area (Å²) >= 11 is 5.80. The standard InChI is InChI=1S/C10H17ClN4O2/c1-3-15(4-2)9-12-8(11)13-10(14-9)17-7-5-6-16/h16H,3-7H2,1-2H3. The van der Waals surface area contributed by atoms with Crippen molar-refractivity contribution < 1.29 is 9.84 Å². The second-order valence-corrected chi connectivity index (χ2v) is 3.62. The molecule has 6 nitrogen and oxygen atoms in total. The summed E-state index contributed by atoms with van der Waals surface area (Å²) in [5.41, 5.74) is 0. The predicted molar refractivity (Wildman–Crippen MR) is 65.6 cm³/mol. The number of ether oxygens (including phenoxy) is 1. The van der Waals surface area contributed by atoms with E-state index in [4.69, 9.17) is 21.4 Å². The fourth-order valence-corrected chi connectivity index (χ4v) is 1.41. The molecule has 17 heavy (non-hydrogen) atoms.